The third-order valence-electron chi connectivity index (χ3n) is 2.17. The lowest BCUT2D eigenvalue weighted by Crippen LogP contribution is -2.15. The number of nitrogen functional groups attached to an aromatic ring is 1. The zero-order valence-corrected chi connectivity index (χ0v) is 10.4. The fraction of sp³-hybridized carbons (Fsp3) is 0.364. The molecule has 0 spiro atoms. The molecule has 0 aromatic carbocycles. The summed E-state index contributed by atoms with van der Waals surface area (Å²) in [5, 5.41) is 0. The molecule has 5 heteroatoms. The lowest BCUT2D eigenvalue weighted by molar-refractivity contribution is 0.568. The standard InChI is InChI=1S/C11H14N4S/c1-11(2,3)8-4-9(12)15-10(14-8)7-5-13-6-16-7/h4-6H,1-3H3,(H2,12,14,15). The van der Waals surface area contributed by atoms with Crippen LogP contribution in [0, 0.1) is 0 Å². The SMILES string of the molecule is CC(C)(C)c1cc(N)nc(-c2cncs2)n1. The molecule has 0 saturated heterocycles. The highest BCUT2D eigenvalue weighted by atomic mass is 32.1. The monoisotopic (exact) mass is 234 g/mol. The van der Waals surface area contributed by atoms with Crippen molar-refractivity contribution in [2.45, 2.75) is 26.2 Å². The maximum Gasteiger partial charge on any atom is 0.173 e. The number of nitrogens with two attached hydrogens (primary N) is 1. The van der Waals surface area contributed by atoms with Crippen molar-refractivity contribution in [3.63, 3.8) is 0 Å². The summed E-state index contributed by atoms with van der Waals surface area (Å²) in [7, 11) is 0. The minimum Gasteiger partial charge on any atom is -0.384 e. The van der Waals surface area contributed by atoms with Gasteiger partial charge in [0, 0.05) is 17.7 Å². The van der Waals surface area contributed by atoms with Crippen LogP contribution < -0.4 is 5.73 Å². The summed E-state index contributed by atoms with van der Waals surface area (Å²) in [5.74, 6) is 1.16. The highest BCUT2D eigenvalue weighted by molar-refractivity contribution is 7.13. The highest BCUT2D eigenvalue weighted by Crippen LogP contribution is 2.26. The number of hydrogen-bond donors (Lipinski definition) is 1. The maximum absolute atomic E-state index is 5.80. The van der Waals surface area contributed by atoms with E-state index < -0.39 is 0 Å². The van der Waals surface area contributed by atoms with E-state index in [0.717, 1.165) is 10.6 Å². The molecule has 0 atom stereocenters. The van der Waals surface area contributed by atoms with E-state index in [0.29, 0.717) is 11.6 Å². The Labute approximate surface area is 98.6 Å². The minimum absolute atomic E-state index is 0.0313. The Balaban J connectivity index is 2.53. The first kappa shape index (κ1) is 11.0. The molecule has 0 bridgehead atoms. The fourth-order valence-electron chi connectivity index (χ4n) is 1.29. The summed E-state index contributed by atoms with van der Waals surface area (Å²) >= 11 is 1.51. The number of rotatable bonds is 1. The number of nitrogens with zero attached hydrogens (tertiary/aromatic N) is 3. The third kappa shape index (κ3) is 2.19. The van der Waals surface area contributed by atoms with Gasteiger partial charge in [-0.05, 0) is 0 Å². The number of thiazole rings is 1. The molecule has 84 valence electrons. The Kier molecular flexibility index (Phi) is 2.63. The first-order valence-electron chi connectivity index (χ1n) is 5.01. The van der Waals surface area contributed by atoms with Crippen molar-refractivity contribution in [3.8, 4) is 10.7 Å². The molecule has 0 aliphatic rings. The molecule has 0 unspecified atom stereocenters. The smallest absolute Gasteiger partial charge is 0.173 e. The molecule has 2 N–H and O–H groups in total. The lowest BCUT2D eigenvalue weighted by atomic mass is 9.92. The van der Waals surface area contributed by atoms with Crippen LogP contribution in [0.25, 0.3) is 10.7 Å². The summed E-state index contributed by atoms with van der Waals surface area (Å²) in [6.45, 7) is 6.31. The van der Waals surface area contributed by atoms with Gasteiger partial charge in [-0.3, -0.25) is 4.98 Å². The van der Waals surface area contributed by atoms with E-state index in [2.05, 4.69) is 35.7 Å². The summed E-state index contributed by atoms with van der Waals surface area (Å²) < 4.78 is 0. The number of hydrogen-bond acceptors (Lipinski definition) is 5. The first-order chi connectivity index (χ1) is 7.47. The van der Waals surface area contributed by atoms with E-state index in [1.807, 2.05) is 6.07 Å². The second kappa shape index (κ2) is 3.83. The second-order valence-corrected chi connectivity index (χ2v) is 5.50. The average molecular weight is 234 g/mol. The van der Waals surface area contributed by atoms with E-state index in [9.17, 15) is 0 Å². The van der Waals surface area contributed by atoms with Crippen molar-refractivity contribution in [2.75, 3.05) is 5.73 Å². The Morgan fingerprint density at radius 1 is 1.25 bits per heavy atom. The summed E-state index contributed by atoms with van der Waals surface area (Å²) in [6.07, 6.45) is 1.76. The predicted molar refractivity (Wildman–Crippen MR) is 66.3 cm³/mol. The molecule has 0 aliphatic heterocycles. The van der Waals surface area contributed by atoms with Crippen LogP contribution in [-0.2, 0) is 5.41 Å². The second-order valence-electron chi connectivity index (χ2n) is 4.62. The van der Waals surface area contributed by atoms with Crippen LogP contribution in [0.5, 0.6) is 0 Å². The number of anilines is 1. The van der Waals surface area contributed by atoms with Gasteiger partial charge in [0.1, 0.15) is 5.82 Å². The topological polar surface area (TPSA) is 64.7 Å². The van der Waals surface area contributed by atoms with Crippen LogP contribution in [0.15, 0.2) is 17.8 Å². The van der Waals surface area contributed by atoms with Crippen molar-refractivity contribution in [1.82, 2.24) is 15.0 Å². The molecule has 0 saturated carbocycles. The molecule has 2 aromatic heterocycles. The van der Waals surface area contributed by atoms with Gasteiger partial charge in [-0.15, -0.1) is 11.3 Å². The fourth-order valence-corrected chi connectivity index (χ4v) is 1.84. The molecule has 16 heavy (non-hydrogen) atoms. The van der Waals surface area contributed by atoms with Gasteiger partial charge in [-0.2, -0.15) is 0 Å². The van der Waals surface area contributed by atoms with Crippen LogP contribution in [0.4, 0.5) is 5.82 Å². The van der Waals surface area contributed by atoms with E-state index in [1.54, 1.807) is 11.7 Å². The summed E-state index contributed by atoms with van der Waals surface area (Å²) in [6, 6.07) is 1.82. The van der Waals surface area contributed by atoms with E-state index in [-0.39, 0.29) is 5.41 Å². The molecule has 2 aromatic rings. The van der Waals surface area contributed by atoms with Gasteiger partial charge >= 0.3 is 0 Å². The van der Waals surface area contributed by atoms with Gasteiger partial charge in [-0.25, -0.2) is 9.97 Å². The Hall–Kier alpha value is -1.49. The van der Waals surface area contributed by atoms with Crippen molar-refractivity contribution in [1.29, 1.82) is 0 Å². The maximum atomic E-state index is 5.80. The van der Waals surface area contributed by atoms with Crippen molar-refractivity contribution in [2.24, 2.45) is 0 Å². The number of aromatic nitrogens is 3. The molecule has 2 rings (SSSR count). The average Bonchev–Trinajstić information content (AvgIpc) is 2.68. The van der Waals surface area contributed by atoms with E-state index in [1.165, 1.54) is 11.3 Å². The van der Waals surface area contributed by atoms with Gasteiger partial charge in [0.15, 0.2) is 5.82 Å². The molecular formula is C11H14N4S. The van der Waals surface area contributed by atoms with Crippen LogP contribution in [0.2, 0.25) is 0 Å². The summed E-state index contributed by atoms with van der Waals surface area (Å²) in [4.78, 5) is 13.7. The zero-order chi connectivity index (χ0) is 11.8. The van der Waals surface area contributed by atoms with E-state index in [4.69, 9.17) is 5.73 Å². The molecule has 4 nitrogen and oxygen atoms in total. The molecular weight excluding hydrogens is 220 g/mol. The van der Waals surface area contributed by atoms with Crippen LogP contribution in [0.3, 0.4) is 0 Å². The van der Waals surface area contributed by atoms with Crippen molar-refractivity contribution >= 4 is 17.2 Å². The van der Waals surface area contributed by atoms with Gasteiger partial charge < -0.3 is 5.73 Å². The Bertz CT molecular complexity index is 485. The quantitative estimate of drug-likeness (QED) is 0.823. The van der Waals surface area contributed by atoms with Gasteiger partial charge in [-0.1, -0.05) is 20.8 Å². The minimum atomic E-state index is -0.0313. The third-order valence-corrected chi connectivity index (χ3v) is 2.94. The summed E-state index contributed by atoms with van der Waals surface area (Å²) in [5.41, 5.74) is 8.47. The van der Waals surface area contributed by atoms with Crippen LogP contribution in [0.1, 0.15) is 26.5 Å². The van der Waals surface area contributed by atoms with Crippen LogP contribution >= 0.6 is 11.3 Å². The highest BCUT2D eigenvalue weighted by Gasteiger charge is 2.18. The lowest BCUT2D eigenvalue weighted by Gasteiger charge is -2.18. The van der Waals surface area contributed by atoms with Crippen molar-refractivity contribution < 1.29 is 0 Å². The van der Waals surface area contributed by atoms with Gasteiger partial charge in [0.2, 0.25) is 0 Å². The van der Waals surface area contributed by atoms with Gasteiger partial charge in [0.05, 0.1) is 16.1 Å². The van der Waals surface area contributed by atoms with Gasteiger partial charge in [0.25, 0.3) is 0 Å². The van der Waals surface area contributed by atoms with Crippen LogP contribution in [-0.4, -0.2) is 15.0 Å². The molecule has 0 radical (unpaired) electrons. The molecule has 0 fully saturated rings. The zero-order valence-electron chi connectivity index (χ0n) is 9.56. The van der Waals surface area contributed by atoms with E-state index >= 15 is 0 Å². The largest absolute Gasteiger partial charge is 0.384 e. The first-order valence-corrected chi connectivity index (χ1v) is 5.89. The Morgan fingerprint density at radius 3 is 2.56 bits per heavy atom. The molecule has 2 heterocycles. The molecule has 0 aliphatic carbocycles. The Morgan fingerprint density at radius 2 is 2.00 bits per heavy atom. The molecule has 0 amide bonds. The predicted octanol–water partition coefficient (Wildman–Crippen LogP) is 2.48. The van der Waals surface area contributed by atoms with Crippen molar-refractivity contribution in [3.05, 3.63) is 23.5 Å². The normalized spacial score (nSPS) is 11.7.